The number of aromatic nitrogens is 3. The average molecular weight is 264 g/mol. The molecule has 0 amide bonds. The number of hydrogen-bond donors (Lipinski definition) is 3. The first-order valence-corrected chi connectivity index (χ1v) is 6.05. The number of hydrogen-bond acceptors (Lipinski definition) is 6. The summed E-state index contributed by atoms with van der Waals surface area (Å²) in [5.74, 6) is 0.160. The number of aromatic amines is 1. The van der Waals surface area contributed by atoms with Gasteiger partial charge in [-0.15, -0.1) is 0 Å². The molecule has 2 rings (SSSR count). The number of nitrogens with zero attached hydrogens (tertiary/aromatic N) is 2. The van der Waals surface area contributed by atoms with E-state index in [1.807, 2.05) is 0 Å². The Morgan fingerprint density at radius 1 is 1.50 bits per heavy atom. The van der Waals surface area contributed by atoms with Gasteiger partial charge in [-0.05, 0) is 36.4 Å². The van der Waals surface area contributed by atoms with Crippen molar-refractivity contribution in [3.8, 4) is 0 Å². The van der Waals surface area contributed by atoms with Crippen molar-refractivity contribution in [1.82, 2.24) is 15.0 Å². The van der Waals surface area contributed by atoms with Gasteiger partial charge in [-0.25, -0.2) is 9.97 Å². The van der Waals surface area contributed by atoms with Crippen molar-refractivity contribution in [2.75, 3.05) is 5.73 Å². The van der Waals surface area contributed by atoms with Crippen LogP contribution in [0.1, 0.15) is 18.6 Å². The molecule has 18 heavy (non-hydrogen) atoms. The molecule has 0 saturated carbocycles. The van der Waals surface area contributed by atoms with E-state index in [4.69, 9.17) is 5.73 Å². The van der Waals surface area contributed by atoms with Crippen LogP contribution in [0.5, 0.6) is 0 Å². The molecule has 0 spiro atoms. The molecule has 1 atom stereocenters. The van der Waals surface area contributed by atoms with Crippen molar-refractivity contribution in [3.63, 3.8) is 0 Å². The molecule has 7 heteroatoms. The largest absolute Gasteiger partial charge is 0.389 e. The predicted molar refractivity (Wildman–Crippen MR) is 68.3 cm³/mol. The van der Waals surface area contributed by atoms with E-state index in [1.54, 1.807) is 25.3 Å². The monoisotopic (exact) mass is 264 g/mol. The third kappa shape index (κ3) is 3.08. The minimum Gasteiger partial charge on any atom is -0.389 e. The van der Waals surface area contributed by atoms with Crippen LogP contribution in [-0.4, -0.2) is 20.1 Å². The molecule has 0 aliphatic carbocycles. The van der Waals surface area contributed by atoms with E-state index in [9.17, 15) is 9.90 Å². The molecular formula is C11H12N4O2S. The van der Waals surface area contributed by atoms with Crippen LogP contribution in [0.2, 0.25) is 0 Å². The Morgan fingerprint density at radius 3 is 2.94 bits per heavy atom. The van der Waals surface area contributed by atoms with Gasteiger partial charge in [-0.2, -0.15) is 0 Å². The summed E-state index contributed by atoms with van der Waals surface area (Å²) in [6.45, 7) is 1.67. The van der Waals surface area contributed by atoms with Crippen molar-refractivity contribution in [2.45, 2.75) is 23.2 Å². The van der Waals surface area contributed by atoms with E-state index in [2.05, 4.69) is 15.0 Å². The summed E-state index contributed by atoms with van der Waals surface area (Å²) in [5.41, 5.74) is 5.93. The van der Waals surface area contributed by atoms with Gasteiger partial charge < -0.3 is 15.8 Å². The van der Waals surface area contributed by atoms with Gasteiger partial charge in [0.2, 0.25) is 0 Å². The first kappa shape index (κ1) is 12.6. The Bertz CT molecular complexity index is 612. The van der Waals surface area contributed by atoms with Crippen LogP contribution in [0.4, 0.5) is 5.82 Å². The number of anilines is 1. The molecule has 0 saturated heterocycles. The Labute approximate surface area is 107 Å². The Balaban J connectivity index is 2.28. The summed E-state index contributed by atoms with van der Waals surface area (Å²) in [7, 11) is 0. The molecule has 0 bridgehead atoms. The molecule has 2 heterocycles. The number of nitrogen functional groups attached to an aromatic ring is 1. The SMILES string of the molecule is CC(O)c1ccnc(Sc2nc(N)cc(=O)[nH]2)c1. The van der Waals surface area contributed by atoms with Crippen LogP contribution in [0.3, 0.4) is 0 Å². The summed E-state index contributed by atoms with van der Waals surface area (Å²) >= 11 is 1.18. The zero-order valence-corrected chi connectivity index (χ0v) is 10.4. The molecule has 0 aromatic carbocycles. The standard InChI is InChI=1S/C11H12N4O2S/c1-6(16)7-2-3-13-10(4-7)18-11-14-8(12)5-9(17)15-11/h2-6,16H,1H3,(H3,12,14,15,17). The molecule has 1 unspecified atom stereocenters. The van der Waals surface area contributed by atoms with Crippen LogP contribution in [0.25, 0.3) is 0 Å². The lowest BCUT2D eigenvalue weighted by Gasteiger charge is -2.06. The minimum absolute atomic E-state index is 0.160. The first-order valence-electron chi connectivity index (χ1n) is 5.23. The zero-order chi connectivity index (χ0) is 13.1. The Kier molecular flexibility index (Phi) is 3.63. The van der Waals surface area contributed by atoms with Gasteiger partial charge in [-0.3, -0.25) is 4.79 Å². The molecule has 94 valence electrons. The second kappa shape index (κ2) is 5.19. The van der Waals surface area contributed by atoms with Crippen molar-refractivity contribution >= 4 is 17.6 Å². The van der Waals surface area contributed by atoms with Gasteiger partial charge in [0.25, 0.3) is 5.56 Å². The molecule has 2 aromatic heterocycles. The quantitative estimate of drug-likeness (QED) is 0.713. The van der Waals surface area contributed by atoms with E-state index >= 15 is 0 Å². The molecule has 0 fully saturated rings. The van der Waals surface area contributed by atoms with Crippen molar-refractivity contribution in [1.29, 1.82) is 0 Å². The Hall–Kier alpha value is -1.86. The van der Waals surface area contributed by atoms with Gasteiger partial charge in [0.1, 0.15) is 10.8 Å². The van der Waals surface area contributed by atoms with Crippen LogP contribution < -0.4 is 11.3 Å². The normalized spacial score (nSPS) is 12.3. The maximum absolute atomic E-state index is 11.2. The second-order valence-electron chi connectivity index (χ2n) is 3.68. The Morgan fingerprint density at radius 2 is 2.28 bits per heavy atom. The maximum atomic E-state index is 11.2. The van der Waals surface area contributed by atoms with Crippen LogP contribution >= 0.6 is 11.8 Å². The van der Waals surface area contributed by atoms with Crippen LogP contribution in [-0.2, 0) is 0 Å². The summed E-state index contributed by atoms with van der Waals surface area (Å²) in [5, 5.41) is 10.5. The molecule has 6 nitrogen and oxygen atoms in total. The summed E-state index contributed by atoms with van der Waals surface area (Å²) < 4.78 is 0. The highest BCUT2D eigenvalue weighted by Crippen LogP contribution is 2.24. The summed E-state index contributed by atoms with van der Waals surface area (Å²) in [6, 6.07) is 4.67. The number of aliphatic hydroxyl groups is 1. The van der Waals surface area contributed by atoms with E-state index in [1.165, 1.54) is 17.8 Å². The number of rotatable bonds is 3. The molecule has 0 aliphatic rings. The molecular weight excluding hydrogens is 252 g/mol. The minimum atomic E-state index is -0.569. The van der Waals surface area contributed by atoms with Crippen molar-refractivity contribution in [3.05, 3.63) is 40.3 Å². The summed E-state index contributed by atoms with van der Waals surface area (Å²) in [4.78, 5) is 21.9. The first-order chi connectivity index (χ1) is 8.54. The fraction of sp³-hybridized carbons (Fsp3) is 0.182. The third-order valence-electron chi connectivity index (χ3n) is 2.18. The number of H-pyrrole nitrogens is 1. The molecule has 2 aromatic rings. The van der Waals surface area contributed by atoms with E-state index in [-0.39, 0.29) is 11.4 Å². The number of pyridine rings is 1. The fourth-order valence-electron chi connectivity index (χ4n) is 1.34. The zero-order valence-electron chi connectivity index (χ0n) is 9.62. The summed E-state index contributed by atoms with van der Waals surface area (Å²) in [6.07, 6.45) is 1.02. The van der Waals surface area contributed by atoms with Gasteiger partial charge in [0, 0.05) is 12.3 Å². The number of nitrogens with one attached hydrogen (secondary N) is 1. The van der Waals surface area contributed by atoms with Crippen LogP contribution in [0, 0.1) is 0 Å². The van der Waals surface area contributed by atoms with Gasteiger partial charge in [-0.1, -0.05) is 0 Å². The molecule has 4 N–H and O–H groups in total. The van der Waals surface area contributed by atoms with E-state index in [0.717, 1.165) is 5.56 Å². The predicted octanol–water partition coefficient (Wildman–Crippen LogP) is 0.952. The fourth-order valence-corrected chi connectivity index (χ4v) is 2.15. The highest BCUT2D eigenvalue weighted by molar-refractivity contribution is 7.99. The van der Waals surface area contributed by atoms with Crippen molar-refractivity contribution < 1.29 is 5.11 Å². The van der Waals surface area contributed by atoms with Gasteiger partial charge in [0.05, 0.1) is 6.10 Å². The number of nitrogens with two attached hydrogens (primary N) is 1. The molecule has 0 radical (unpaired) electrons. The average Bonchev–Trinajstić information content (AvgIpc) is 2.27. The lowest BCUT2D eigenvalue weighted by molar-refractivity contribution is 0.199. The van der Waals surface area contributed by atoms with E-state index in [0.29, 0.717) is 10.2 Å². The maximum Gasteiger partial charge on any atom is 0.253 e. The smallest absolute Gasteiger partial charge is 0.253 e. The lowest BCUT2D eigenvalue weighted by atomic mass is 10.2. The molecule has 0 aliphatic heterocycles. The van der Waals surface area contributed by atoms with E-state index < -0.39 is 6.10 Å². The number of aliphatic hydroxyl groups excluding tert-OH is 1. The van der Waals surface area contributed by atoms with Gasteiger partial charge in [0.15, 0.2) is 5.16 Å². The highest BCUT2D eigenvalue weighted by Gasteiger charge is 2.06. The van der Waals surface area contributed by atoms with Crippen LogP contribution in [0.15, 0.2) is 39.4 Å². The van der Waals surface area contributed by atoms with Gasteiger partial charge >= 0.3 is 0 Å². The third-order valence-corrected chi connectivity index (χ3v) is 3.00. The topological polar surface area (TPSA) is 105 Å². The second-order valence-corrected chi connectivity index (χ2v) is 4.69. The highest BCUT2D eigenvalue weighted by atomic mass is 32.2. The van der Waals surface area contributed by atoms with Crippen molar-refractivity contribution in [2.24, 2.45) is 0 Å². The lowest BCUT2D eigenvalue weighted by Crippen LogP contribution is -2.09.